The molecule has 0 radical (unpaired) electrons. The standard InChI is InChI=1S/C37H38O14/c1-23(38)45-21-37(51-25(3)40)22-46-36(32(37)47-24(2)39)50-30-29(48-33(41)27-15-9-5-10-16-27)20-44-35(43-19-26-13-7-4-8-14-26)31(30)49-34(42)28-17-11-6-12-18-28/h4-18,29-32,35-36H,19-22H2,1-3H3/t29-,30+,31-,32+,35+,36+,37-/m1/s1. The zero-order valence-corrected chi connectivity index (χ0v) is 28.2. The van der Waals surface area contributed by atoms with Crippen molar-refractivity contribution in [3.05, 3.63) is 108 Å². The maximum atomic E-state index is 13.5. The Kier molecular flexibility index (Phi) is 12.5. The van der Waals surface area contributed by atoms with E-state index in [1.165, 1.54) is 0 Å². The first kappa shape index (κ1) is 37.1. The number of esters is 5. The van der Waals surface area contributed by atoms with Crippen LogP contribution in [0.5, 0.6) is 0 Å². The van der Waals surface area contributed by atoms with Crippen LogP contribution in [0.1, 0.15) is 47.1 Å². The molecule has 0 bridgehead atoms. The molecule has 270 valence electrons. The highest BCUT2D eigenvalue weighted by Crippen LogP contribution is 2.36. The zero-order chi connectivity index (χ0) is 36.4. The van der Waals surface area contributed by atoms with Crippen molar-refractivity contribution in [3.63, 3.8) is 0 Å². The first-order chi connectivity index (χ1) is 24.5. The second-order valence-electron chi connectivity index (χ2n) is 11.8. The number of hydrogen-bond acceptors (Lipinski definition) is 14. The van der Waals surface area contributed by atoms with Gasteiger partial charge in [-0.25, -0.2) is 9.59 Å². The van der Waals surface area contributed by atoms with Crippen LogP contribution in [0.25, 0.3) is 0 Å². The van der Waals surface area contributed by atoms with E-state index in [4.69, 9.17) is 42.6 Å². The summed E-state index contributed by atoms with van der Waals surface area (Å²) in [4.78, 5) is 63.4. The molecule has 3 aromatic carbocycles. The Labute approximate surface area is 293 Å². The van der Waals surface area contributed by atoms with Gasteiger partial charge < -0.3 is 42.6 Å². The molecule has 0 spiro atoms. The number of carbonyl (C=O) groups is 5. The summed E-state index contributed by atoms with van der Waals surface area (Å²) in [6.45, 7) is 2.19. The number of hydrogen-bond donors (Lipinski definition) is 0. The van der Waals surface area contributed by atoms with Gasteiger partial charge in [-0.2, -0.15) is 0 Å². The lowest BCUT2D eigenvalue weighted by Gasteiger charge is -2.42. The SMILES string of the molecule is CC(=O)OC[C@@]1(OC(C)=O)CO[C@@H](O[C@@H]2[C@@H](OC(=O)c3ccccc3)[C@@H](OCc3ccccc3)OC[C@H]2OC(=O)c2ccccc2)[C@@H]1OC(C)=O. The molecular formula is C37H38O14. The van der Waals surface area contributed by atoms with Gasteiger partial charge in [0, 0.05) is 20.8 Å². The lowest BCUT2D eigenvalue weighted by Crippen LogP contribution is -2.60. The minimum atomic E-state index is -1.82. The second-order valence-corrected chi connectivity index (χ2v) is 11.8. The summed E-state index contributed by atoms with van der Waals surface area (Å²) in [6, 6.07) is 25.5. The molecule has 2 fully saturated rings. The smallest absolute Gasteiger partial charge is 0.338 e. The van der Waals surface area contributed by atoms with Gasteiger partial charge in [0.15, 0.2) is 30.9 Å². The number of ether oxygens (including phenoxy) is 9. The maximum Gasteiger partial charge on any atom is 0.338 e. The van der Waals surface area contributed by atoms with Crippen molar-refractivity contribution in [3.8, 4) is 0 Å². The molecule has 3 aromatic rings. The molecule has 14 nitrogen and oxygen atoms in total. The molecule has 0 aromatic heterocycles. The van der Waals surface area contributed by atoms with Crippen LogP contribution in [0.3, 0.4) is 0 Å². The summed E-state index contributed by atoms with van der Waals surface area (Å²) in [5.74, 6) is -3.78. The third-order valence-electron chi connectivity index (χ3n) is 7.87. The monoisotopic (exact) mass is 706 g/mol. The summed E-state index contributed by atoms with van der Waals surface area (Å²) in [6.07, 6.45) is -8.34. The van der Waals surface area contributed by atoms with Gasteiger partial charge in [0.25, 0.3) is 0 Å². The fourth-order valence-electron chi connectivity index (χ4n) is 5.57. The predicted molar refractivity (Wildman–Crippen MR) is 174 cm³/mol. The van der Waals surface area contributed by atoms with Gasteiger partial charge >= 0.3 is 29.8 Å². The Morgan fingerprint density at radius 3 is 1.82 bits per heavy atom. The minimum absolute atomic E-state index is 0.0417. The van der Waals surface area contributed by atoms with E-state index in [2.05, 4.69) is 0 Å². The van der Waals surface area contributed by atoms with E-state index in [1.807, 2.05) is 30.3 Å². The second kappa shape index (κ2) is 17.2. The van der Waals surface area contributed by atoms with E-state index in [0.717, 1.165) is 26.3 Å². The van der Waals surface area contributed by atoms with Crippen molar-refractivity contribution >= 4 is 29.8 Å². The quantitative estimate of drug-likeness (QED) is 0.187. The van der Waals surface area contributed by atoms with Crippen molar-refractivity contribution in [1.82, 2.24) is 0 Å². The topological polar surface area (TPSA) is 168 Å². The Hall–Kier alpha value is -5.15. The summed E-state index contributed by atoms with van der Waals surface area (Å²) in [7, 11) is 0. The van der Waals surface area contributed by atoms with Gasteiger partial charge in [0.05, 0.1) is 30.9 Å². The van der Waals surface area contributed by atoms with Crippen LogP contribution in [0.2, 0.25) is 0 Å². The van der Waals surface area contributed by atoms with Crippen molar-refractivity contribution in [2.75, 3.05) is 19.8 Å². The summed E-state index contributed by atoms with van der Waals surface area (Å²) >= 11 is 0. The molecule has 2 aliphatic heterocycles. The Morgan fingerprint density at radius 2 is 1.25 bits per heavy atom. The molecule has 7 atom stereocenters. The first-order valence-electron chi connectivity index (χ1n) is 16.1. The predicted octanol–water partition coefficient (Wildman–Crippen LogP) is 3.55. The normalized spacial score (nSPS) is 25.6. The van der Waals surface area contributed by atoms with Crippen LogP contribution < -0.4 is 0 Å². The lowest BCUT2D eigenvalue weighted by atomic mass is 9.99. The minimum Gasteiger partial charge on any atom is -0.461 e. The molecule has 51 heavy (non-hydrogen) atoms. The number of carbonyl (C=O) groups excluding carboxylic acids is 5. The van der Waals surface area contributed by atoms with E-state index >= 15 is 0 Å². The Morgan fingerprint density at radius 1 is 0.667 bits per heavy atom. The van der Waals surface area contributed by atoms with Gasteiger partial charge in [-0.3, -0.25) is 14.4 Å². The first-order valence-corrected chi connectivity index (χ1v) is 16.1. The maximum absolute atomic E-state index is 13.5. The van der Waals surface area contributed by atoms with Gasteiger partial charge in [-0.15, -0.1) is 0 Å². The average Bonchev–Trinajstić information content (AvgIpc) is 3.44. The van der Waals surface area contributed by atoms with Gasteiger partial charge in [0.2, 0.25) is 5.60 Å². The number of rotatable bonds is 13. The zero-order valence-electron chi connectivity index (χ0n) is 28.2. The van der Waals surface area contributed by atoms with Crippen LogP contribution in [0, 0.1) is 0 Å². The van der Waals surface area contributed by atoms with E-state index in [1.54, 1.807) is 60.7 Å². The molecule has 0 saturated carbocycles. The summed E-state index contributed by atoms with van der Waals surface area (Å²) < 4.78 is 52.8. The molecule has 0 aliphatic carbocycles. The van der Waals surface area contributed by atoms with Crippen molar-refractivity contribution in [1.29, 1.82) is 0 Å². The van der Waals surface area contributed by atoms with Crippen LogP contribution >= 0.6 is 0 Å². The molecule has 0 amide bonds. The molecule has 2 aliphatic rings. The van der Waals surface area contributed by atoms with Crippen LogP contribution in [0.15, 0.2) is 91.0 Å². The summed E-state index contributed by atoms with van der Waals surface area (Å²) in [5.41, 5.74) is -0.613. The highest BCUT2D eigenvalue weighted by atomic mass is 16.8. The fourth-order valence-corrected chi connectivity index (χ4v) is 5.57. The Balaban J connectivity index is 1.52. The third kappa shape index (κ3) is 9.76. The van der Waals surface area contributed by atoms with Gasteiger partial charge in [-0.05, 0) is 29.8 Å². The molecule has 0 unspecified atom stereocenters. The average molecular weight is 707 g/mol. The Bertz CT molecular complexity index is 1650. The fraction of sp³-hybridized carbons (Fsp3) is 0.378. The van der Waals surface area contributed by atoms with Gasteiger partial charge in [-0.1, -0.05) is 66.7 Å². The molecule has 2 saturated heterocycles. The molecular weight excluding hydrogens is 668 g/mol. The largest absolute Gasteiger partial charge is 0.461 e. The van der Waals surface area contributed by atoms with Crippen LogP contribution in [0.4, 0.5) is 0 Å². The highest BCUT2D eigenvalue weighted by Gasteiger charge is 2.59. The number of benzene rings is 3. The van der Waals surface area contributed by atoms with Crippen molar-refractivity contribution in [2.45, 2.75) is 70.0 Å². The molecule has 14 heteroatoms. The van der Waals surface area contributed by atoms with E-state index in [0.29, 0.717) is 0 Å². The van der Waals surface area contributed by atoms with Crippen molar-refractivity contribution in [2.24, 2.45) is 0 Å². The van der Waals surface area contributed by atoms with Crippen molar-refractivity contribution < 1.29 is 66.6 Å². The third-order valence-corrected chi connectivity index (χ3v) is 7.87. The van der Waals surface area contributed by atoms with E-state index < -0.39 is 85.7 Å². The molecule has 0 N–H and O–H groups in total. The van der Waals surface area contributed by atoms with E-state index in [9.17, 15) is 24.0 Å². The molecule has 5 rings (SSSR count). The summed E-state index contributed by atoms with van der Waals surface area (Å²) in [5, 5.41) is 0. The molecule has 2 heterocycles. The highest BCUT2D eigenvalue weighted by molar-refractivity contribution is 5.90. The lowest BCUT2D eigenvalue weighted by molar-refractivity contribution is -0.307. The van der Waals surface area contributed by atoms with Crippen LogP contribution in [-0.4, -0.2) is 92.3 Å². The van der Waals surface area contributed by atoms with Gasteiger partial charge in [0.1, 0.15) is 12.7 Å². The van der Waals surface area contributed by atoms with Crippen LogP contribution in [-0.2, 0) is 63.6 Å². The van der Waals surface area contributed by atoms with E-state index in [-0.39, 0.29) is 24.3 Å².